The Morgan fingerprint density at radius 3 is 2.45 bits per heavy atom. The van der Waals surface area contributed by atoms with E-state index in [0.717, 1.165) is 15.2 Å². The largest absolute Gasteiger partial charge is 0.422 e. The van der Waals surface area contributed by atoms with Gasteiger partial charge in [-0.1, -0.05) is 70.5 Å². The molecule has 0 fully saturated rings. The van der Waals surface area contributed by atoms with E-state index < -0.39 is 5.97 Å². The van der Waals surface area contributed by atoms with Crippen molar-refractivity contribution in [3.63, 3.8) is 0 Å². The molecule has 0 spiro atoms. The minimum absolute atomic E-state index is 0.328. The second kappa shape index (κ2) is 9.36. The van der Waals surface area contributed by atoms with Crippen molar-refractivity contribution >= 4 is 44.8 Å². The van der Waals surface area contributed by atoms with E-state index >= 15 is 0 Å². The van der Waals surface area contributed by atoms with E-state index in [4.69, 9.17) is 4.74 Å². The number of ether oxygens (including phenoxy) is 1. The topological polar surface area (TPSA) is 67.8 Å². The van der Waals surface area contributed by atoms with Gasteiger partial charge in [0.2, 0.25) is 0 Å². The third-order valence-electron chi connectivity index (χ3n) is 4.59. The lowest BCUT2D eigenvalue weighted by Crippen LogP contribution is -2.18. The van der Waals surface area contributed by atoms with Gasteiger partial charge in [-0.3, -0.25) is 4.79 Å². The number of halogens is 1. The van der Waals surface area contributed by atoms with E-state index in [1.807, 2.05) is 42.5 Å². The van der Waals surface area contributed by atoms with Gasteiger partial charge in [0, 0.05) is 15.6 Å². The number of hydrogen-bond acceptors (Lipinski definition) is 4. The second-order valence-corrected chi connectivity index (χ2v) is 7.58. The third-order valence-corrected chi connectivity index (χ3v) is 5.08. The number of esters is 1. The van der Waals surface area contributed by atoms with Crippen LogP contribution in [-0.2, 0) is 0 Å². The standard InChI is InChI=1S/C25H17BrN2O3/c26-20-13-14-23(31-25(30)18-8-2-1-3-9-18)19(15-20)16-27-28-24(29)22-12-6-10-17-7-4-5-11-21(17)22/h1-16H,(H,28,29)/b27-16+. The molecule has 4 aromatic carbocycles. The number of carbonyl (C=O) groups excluding carboxylic acids is 2. The Morgan fingerprint density at radius 2 is 1.61 bits per heavy atom. The van der Waals surface area contributed by atoms with Crippen LogP contribution in [0.25, 0.3) is 10.8 Å². The van der Waals surface area contributed by atoms with E-state index in [0.29, 0.717) is 22.4 Å². The van der Waals surface area contributed by atoms with Crippen molar-refractivity contribution in [3.8, 4) is 5.75 Å². The number of fused-ring (bicyclic) bond motifs is 1. The molecule has 0 saturated heterocycles. The lowest BCUT2D eigenvalue weighted by atomic mass is 10.0. The summed E-state index contributed by atoms with van der Waals surface area (Å²) in [6.45, 7) is 0. The molecule has 1 amide bonds. The number of hydrazone groups is 1. The zero-order valence-electron chi connectivity index (χ0n) is 16.3. The van der Waals surface area contributed by atoms with Crippen molar-refractivity contribution in [2.75, 3.05) is 0 Å². The third kappa shape index (κ3) is 4.87. The molecule has 0 aliphatic rings. The number of nitrogens with zero attached hydrogens (tertiary/aromatic N) is 1. The van der Waals surface area contributed by atoms with Gasteiger partial charge in [-0.2, -0.15) is 5.10 Å². The Kier molecular flexibility index (Phi) is 6.19. The number of rotatable bonds is 5. The average Bonchev–Trinajstić information content (AvgIpc) is 2.80. The van der Waals surface area contributed by atoms with Gasteiger partial charge in [0.25, 0.3) is 5.91 Å². The lowest BCUT2D eigenvalue weighted by Gasteiger charge is -2.08. The van der Waals surface area contributed by atoms with Crippen molar-refractivity contribution in [1.29, 1.82) is 0 Å². The van der Waals surface area contributed by atoms with Gasteiger partial charge in [0.1, 0.15) is 5.75 Å². The molecule has 0 heterocycles. The van der Waals surface area contributed by atoms with E-state index in [-0.39, 0.29) is 5.91 Å². The molecule has 4 rings (SSSR count). The number of benzene rings is 4. The Hall–Kier alpha value is -3.77. The zero-order valence-corrected chi connectivity index (χ0v) is 17.9. The SMILES string of the molecule is O=C(Oc1ccc(Br)cc1/C=N/NC(=O)c1cccc2ccccc12)c1ccccc1. The first-order chi connectivity index (χ1) is 15.1. The smallest absolute Gasteiger partial charge is 0.343 e. The van der Waals surface area contributed by atoms with Gasteiger partial charge >= 0.3 is 5.97 Å². The Balaban J connectivity index is 1.53. The zero-order chi connectivity index (χ0) is 21.6. The Bertz CT molecular complexity index is 1280. The number of nitrogens with one attached hydrogen (secondary N) is 1. The molecule has 0 saturated carbocycles. The van der Waals surface area contributed by atoms with Crippen LogP contribution in [0.5, 0.6) is 5.75 Å². The molecular weight excluding hydrogens is 456 g/mol. The van der Waals surface area contributed by atoms with Gasteiger partial charge in [0.15, 0.2) is 0 Å². The summed E-state index contributed by atoms with van der Waals surface area (Å²) >= 11 is 3.40. The maximum atomic E-state index is 12.6. The first-order valence-electron chi connectivity index (χ1n) is 9.50. The van der Waals surface area contributed by atoms with Crippen LogP contribution in [-0.4, -0.2) is 18.1 Å². The van der Waals surface area contributed by atoms with E-state index in [2.05, 4.69) is 26.5 Å². The van der Waals surface area contributed by atoms with Crippen LogP contribution in [0.15, 0.2) is 101 Å². The molecule has 31 heavy (non-hydrogen) atoms. The molecule has 0 radical (unpaired) electrons. The summed E-state index contributed by atoms with van der Waals surface area (Å²) < 4.78 is 6.31. The number of amides is 1. The summed E-state index contributed by atoms with van der Waals surface area (Å²) in [6.07, 6.45) is 1.45. The normalized spacial score (nSPS) is 10.9. The summed E-state index contributed by atoms with van der Waals surface area (Å²) in [7, 11) is 0. The maximum Gasteiger partial charge on any atom is 0.343 e. The van der Waals surface area contributed by atoms with Crippen LogP contribution in [0.1, 0.15) is 26.3 Å². The highest BCUT2D eigenvalue weighted by atomic mass is 79.9. The molecule has 4 aromatic rings. The first-order valence-corrected chi connectivity index (χ1v) is 10.3. The second-order valence-electron chi connectivity index (χ2n) is 6.66. The fraction of sp³-hybridized carbons (Fsp3) is 0. The van der Waals surface area contributed by atoms with Gasteiger partial charge in [-0.05, 0) is 47.2 Å². The van der Waals surface area contributed by atoms with Crippen LogP contribution in [0, 0.1) is 0 Å². The van der Waals surface area contributed by atoms with Crippen molar-refractivity contribution < 1.29 is 14.3 Å². The maximum absolute atomic E-state index is 12.6. The summed E-state index contributed by atoms with van der Waals surface area (Å²) in [4.78, 5) is 25.0. The summed E-state index contributed by atoms with van der Waals surface area (Å²) in [5.41, 5.74) is 4.05. The van der Waals surface area contributed by atoms with Crippen LogP contribution in [0.2, 0.25) is 0 Å². The van der Waals surface area contributed by atoms with Crippen LogP contribution in [0.4, 0.5) is 0 Å². The van der Waals surface area contributed by atoms with E-state index in [1.165, 1.54) is 6.21 Å². The average molecular weight is 473 g/mol. The highest BCUT2D eigenvalue weighted by Crippen LogP contribution is 2.23. The highest BCUT2D eigenvalue weighted by molar-refractivity contribution is 9.10. The molecule has 0 bridgehead atoms. The molecule has 0 aliphatic carbocycles. The van der Waals surface area contributed by atoms with Crippen molar-refractivity contribution in [2.45, 2.75) is 0 Å². The van der Waals surface area contributed by atoms with Gasteiger partial charge in [-0.25, -0.2) is 10.2 Å². The highest BCUT2D eigenvalue weighted by Gasteiger charge is 2.12. The van der Waals surface area contributed by atoms with Crippen LogP contribution >= 0.6 is 15.9 Å². The van der Waals surface area contributed by atoms with Crippen molar-refractivity contribution in [1.82, 2.24) is 5.43 Å². The molecule has 5 nitrogen and oxygen atoms in total. The molecule has 1 N–H and O–H groups in total. The summed E-state index contributed by atoms with van der Waals surface area (Å²) in [5.74, 6) is -0.469. The lowest BCUT2D eigenvalue weighted by molar-refractivity contribution is 0.0734. The molecule has 0 aromatic heterocycles. The predicted octanol–water partition coefficient (Wildman–Crippen LogP) is 5.59. The molecule has 0 atom stereocenters. The van der Waals surface area contributed by atoms with Crippen molar-refractivity contribution in [2.24, 2.45) is 5.10 Å². The molecule has 6 heteroatoms. The van der Waals surface area contributed by atoms with Gasteiger partial charge < -0.3 is 4.74 Å². The van der Waals surface area contributed by atoms with E-state index in [1.54, 1.807) is 48.5 Å². The monoisotopic (exact) mass is 472 g/mol. The molecule has 0 unspecified atom stereocenters. The summed E-state index contributed by atoms with van der Waals surface area (Å²) in [5, 5.41) is 5.89. The minimum Gasteiger partial charge on any atom is -0.422 e. The predicted molar refractivity (Wildman–Crippen MR) is 125 cm³/mol. The molecule has 0 aliphatic heterocycles. The number of hydrogen-bond donors (Lipinski definition) is 1. The van der Waals surface area contributed by atoms with Gasteiger partial charge in [0.05, 0.1) is 11.8 Å². The van der Waals surface area contributed by atoms with Crippen molar-refractivity contribution in [3.05, 3.63) is 112 Å². The van der Waals surface area contributed by atoms with Crippen LogP contribution < -0.4 is 10.2 Å². The minimum atomic E-state index is -0.475. The fourth-order valence-electron chi connectivity index (χ4n) is 3.09. The first kappa shape index (κ1) is 20.5. The molecular formula is C25H17BrN2O3. The molecule has 152 valence electrons. The Labute approximate surface area is 187 Å². The summed E-state index contributed by atoms with van der Waals surface area (Å²) in [6, 6.07) is 27.1. The van der Waals surface area contributed by atoms with Gasteiger partial charge in [-0.15, -0.1) is 0 Å². The quantitative estimate of drug-likeness (QED) is 0.178. The Morgan fingerprint density at radius 1 is 0.871 bits per heavy atom. The van der Waals surface area contributed by atoms with E-state index in [9.17, 15) is 9.59 Å². The fourth-order valence-corrected chi connectivity index (χ4v) is 3.47. The number of carbonyl (C=O) groups is 2. The van der Waals surface area contributed by atoms with Crippen LogP contribution in [0.3, 0.4) is 0 Å².